The van der Waals surface area contributed by atoms with Crippen LogP contribution in [0, 0.1) is 21.4 Å². The molecule has 0 amide bonds. The van der Waals surface area contributed by atoms with Gasteiger partial charge in [0.1, 0.15) is 11.9 Å². The van der Waals surface area contributed by atoms with E-state index < -0.39 is 4.92 Å². The number of rotatable bonds is 6. The van der Waals surface area contributed by atoms with Gasteiger partial charge in [0.25, 0.3) is 5.56 Å². The predicted octanol–water partition coefficient (Wildman–Crippen LogP) is 3.98. The number of aromatic nitrogens is 2. The fourth-order valence-corrected chi connectivity index (χ4v) is 3.18. The van der Waals surface area contributed by atoms with Gasteiger partial charge < -0.3 is 4.74 Å². The van der Waals surface area contributed by atoms with Gasteiger partial charge in [0.2, 0.25) is 5.75 Å². The molecule has 0 aliphatic heterocycles. The lowest BCUT2D eigenvalue weighted by Crippen LogP contribution is -2.23. The minimum atomic E-state index is -0.606. The topological polar surface area (TPSA) is 123 Å². The quantitative estimate of drug-likeness (QED) is 0.305. The molecule has 1 aromatic heterocycles. The van der Waals surface area contributed by atoms with Crippen molar-refractivity contribution in [1.82, 2.24) is 9.66 Å². The van der Waals surface area contributed by atoms with Crippen molar-refractivity contribution in [3.8, 4) is 11.8 Å². The molecular formula is C20H16BrN5O4. The van der Waals surface area contributed by atoms with E-state index in [2.05, 4.69) is 26.0 Å². The van der Waals surface area contributed by atoms with E-state index in [1.807, 2.05) is 13.8 Å². The zero-order chi connectivity index (χ0) is 21.8. The highest BCUT2D eigenvalue weighted by atomic mass is 79.9. The van der Waals surface area contributed by atoms with Crippen LogP contribution in [-0.4, -0.2) is 27.4 Å². The molecule has 0 bridgehead atoms. The van der Waals surface area contributed by atoms with E-state index in [4.69, 9.17) is 10.00 Å². The number of nitriles is 1. The Kier molecular flexibility index (Phi) is 6.23. The molecule has 0 aliphatic rings. The second-order valence-electron chi connectivity index (χ2n) is 6.55. The number of hydrogen-bond donors (Lipinski definition) is 0. The Balaban J connectivity index is 2.19. The summed E-state index contributed by atoms with van der Waals surface area (Å²) < 4.78 is 7.16. The predicted molar refractivity (Wildman–Crippen MR) is 115 cm³/mol. The molecule has 9 nitrogen and oxygen atoms in total. The molecule has 30 heavy (non-hydrogen) atoms. The number of nitro benzene ring substituents is 1. The van der Waals surface area contributed by atoms with Crippen molar-refractivity contribution in [3.63, 3.8) is 0 Å². The zero-order valence-electron chi connectivity index (χ0n) is 16.1. The SMILES string of the molecule is CC(C)c1nc2ccc(Br)cc2c(=O)n1N=Cc1cccc([N+](=O)[O-])c1OCC#N. The molecule has 0 atom stereocenters. The molecule has 3 rings (SSSR count). The van der Waals surface area contributed by atoms with Gasteiger partial charge in [-0.15, -0.1) is 0 Å². The lowest BCUT2D eigenvalue weighted by molar-refractivity contribution is -0.385. The van der Waals surface area contributed by atoms with Crippen LogP contribution in [-0.2, 0) is 0 Å². The fourth-order valence-electron chi connectivity index (χ4n) is 2.82. The summed E-state index contributed by atoms with van der Waals surface area (Å²) in [6.45, 7) is 3.40. The van der Waals surface area contributed by atoms with Crippen LogP contribution in [0.5, 0.6) is 5.75 Å². The van der Waals surface area contributed by atoms with E-state index in [-0.39, 0.29) is 35.1 Å². The van der Waals surface area contributed by atoms with Gasteiger partial charge in [-0.3, -0.25) is 14.9 Å². The van der Waals surface area contributed by atoms with Crippen LogP contribution in [0.1, 0.15) is 31.2 Å². The number of halogens is 1. The van der Waals surface area contributed by atoms with E-state index in [0.717, 1.165) is 4.47 Å². The third kappa shape index (κ3) is 4.21. The van der Waals surface area contributed by atoms with Gasteiger partial charge in [-0.05, 0) is 24.3 Å². The first-order valence-electron chi connectivity index (χ1n) is 8.87. The normalized spacial score (nSPS) is 11.2. The van der Waals surface area contributed by atoms with Crippen molar-refractivity contribution in [2.75, 3.05) is 6.61 Å². The van der Waals surface area contributed by atoms with Crippen LogP contribution >= 0.6 is 15.9 Å². The molecule has 0 radical (unpaired) electrons. The maximum absolute atomic E-state index is 13.1. The Morgan fingerprint density at radius 2 is 2.17 bits per heavy atom. The first kappa shape index (κ1) is 21.1. The molecular weight excluding hydrogens is 454 g/mol. The summed E-state index contributed by atoms with van der Waals surface area (Å²) in [5.74, 6) is 0.238. The Hall–Kier alpha value is -3.58. The minimum Gasteiger partial charge on any atom is -0.471 e. The molecule has 10 heteroatoms. The van der Waals surface area contributed by atoms with Crippen LogP contribution in [0.15, 0.2) is 50.8 Å². The molecule has 0 spiro atoms. The van der Waals surface area contributed by atoms with E-state index >= 15 is 0 Å². The first-order valence-corrected chi connectivity index (χ1v) is 9.66. The third-order valence-electron chi connectivity index (χ3n) is 4.16. The van der Waals surface area contributed by atoms with Crippen LogP contribution < -0.4 is 10.3 Å². The maximum Gasteiger partial charge on any atom is 0.311 e. The van der Waals surface area contributed by atoms with E-state index in [9.17, 15) is 14.9 Å². The highest BCUT2D eigenvalue weighted by molar-refractivity contribution is 9.10. The number of nitro groups is 1. The number of hydrogen-bond acceptors (Lipinski definition) is 7. The summed E-state index contributed by atoms with van der Waals surface area (Å²) in [6.07, 6.45) is 1.29. The van der Waals surface area contributed by atoms with E-state index in [1.54, 1.807) is 30.3 Å². The zero-order valence-corrected chi connectivity index (χ0v) is 17.7. The van der Waals surface area contributed by atoms with Crippen LogP contribution in [0.3, 0.4) is 0 Å². The molecule has 0 aliphatic carbocycles. The summed E-state index contributed by atoms with van der Waals surface area (Å²) in [6, 6.07) is 11.3. The van der Waals surface area contributed by atoms with Crippen molar-refractivity contribution in [3.05, 3.63) is 72.7 Å². The van der Waals surface area contributed by atoms with Gasteiger partial charge in [0.05, 0.1) is 22.0 Å². The lowest BCUT2D eigenvalue weighted by Gasteiger charge is -2.12. The van der Waals surface area contributed by atoms with Gasteiger partial charge in [0, 0.05) is 22.0 Å². The highest BCUT2D eigenvalue weighted by Crippen LogP contribution is 2.30. The molecule has 1 heterocycles. The van der Waals surface area contributed by atoms with E-state index in [0.29, 0.717) is 16.7 Å². The van der Waals surface area contributed by atoms with Gasteiger partial charge >= 0.3 is 5.69 Å². The van der Waals surface area contributed by atoms with Gasteiger partial charge in [0.15, 0.2) is 6.61 Å². The van der Waals surface area contributed by atoms with Crippen LogP contribution in [0.25, 0.3) is 10.9 Å². The summed E-state index contributed by atoms with van der Waals surface area (Å²) in [4.78, 5) is 28.3. The van der Waals surface area contributed by atoms with Gasteiger partial charge in [-0.25, -0.2) is 4.98 Å². The van der Waals surface area contributed by atoms with E-state index in [1.165, 1.54) is 23.0 Å². The Morgan fingerprint density at radius 1 is 1.40 bits per heavy atom. The number of nitrogens with zero attached hydrogens (tertiary/aromatic N) is 5. The van der Waals surface area contributed by atoms with Crippen molar-refractivity contribution >= 4 is 38.7 Å². The standard InChI is InChI=1S/C20H16BrN5O4/c1-12(2)19-24-16-7-6-14(21)10-15(16)20(27)25(19)23-11-13-4-3-5-17(26(28)29)18(13)30-9-8-22/h3-7,10-12H,9H2,1-2H3. The van der Waals surface area contributed by atoms with Crippen molar-refractivity contribution in [2.24, 2.45) is 5.10 Å². The molecule has 0 unspecified atom stereocenters. The van der Waals surface area contributed by atoms with Crippen LogP contribution in [0.2, 0.25) is 0 Å². The monoisotopic (exact) mass is 469 g/mol. The third-order valence-corrected chi connectivity index (χ3v) is 4.66. The molecule has 2 aromatic carbocycles. The molecule has 3 aromatic rings. The average molecular weight is 470 g/mol. The minimum absolute atomic E-state index is 0.0940. The van der Waals surface area contributed by atoms with Crippen molar-refractivity contribution < 1.29 is 9.66 Å². The molecule has 152 valence electrons. The molecule has 0 saturated heterocycles. The Labute approximate surface area is 179 Å². The fraction of sp³-hybridized carbons (Fsp3) is 0.200. The summed E-state index contributed by atoms with van der Waals surface area (Å²) >= 11 is 3.35. The summed E-state index contributed by atoms with van der Waals surface area (Å²) in [5, 5.41) is 24.7. The van der Waals surface area contributed by atoms with Crippen molar-refractivity contribution in [2.45, 2.75) is 19.8 Å². The molecule has 0 fully saturated rings. The van der Waals surface area contributed by atoms with Gasteiger partial charge in [-0.2, -0.15) is 15.0 Å². The van der Waals surface area contributed by atoms with Gasteiger partial charge in [-0.1, -0.05) is 35.8 Å². The first-order chi connectivity index (χ1) is 14.3. The number of fused-ring (bicyclic) bond motifs is 1. The van der Waals surface area contributed by atoms with Crippen LogP contribution in [0.4, 0.5) is 5.69 Å². The number of ether oxygens (including phenoxy) is 1. The second kappa shape index (κ2) is 8.84. The Bertz CT molecular complexity index is 1260. The average Bonchev–Trinajstić information content (AvgIpc) is 2.71. The largest absolute Gasteiger partial charge is 0.471 e. The molecule has 0 saturated carbocycles. The summed E-state index contributed by atoms with van der Waals surface area (Å²) in [5.41, 5.74) is 0.138. The summed E-state index contributed by atoms with van der Waals surface area (Å²) in [7, 11) is 0. The second-order valence-corrected chi connectivity index (χ2v) is 7.46. The maximum atomic E-state index is 13.1. The lowest BCUT2D eigenvalue weighted by atomic mass is 10.2. The Morgan fingerprint density at radius 3 is 2.83 bits per heavy atom. The van der Waals surface area contributed by atoms with Crippen molar-refractivity contribution in [1.29, 1.82) is 5.26 Å². The highest BCUT2D eigenvalue weighted by Gasteiger charge is 2.19. The smallest absolute Gasteiger partial charge is 0.311 e. The number of para-hydroxylation sites is 1. The number of benzene rings is 2. The molecule has 0 N–H and O–H groups in total.